The lowest BCUT2D eigenvalue weighted by Crippen LogP contribution is -2.64. The molecule has 186 valence electrons. The Labute approximate surface area is 206 Å². The zero-order valence-electron chi connectivity index (χ0n) is 18.9. The van der Waals surface area contributed by atoms with Gasteiger partial charge < -0.3 is 20.9 Å². The van der Waals surface area contributed by atoms with Crippen molar-refractivity contribution in [3.05, 3.63) is 64.4 Å². The van der Waals surface area contributed by atoms with E-state index in [0.717, 1.165) is 25.0 Å². The molecule has 2 aromatic rings. The van der Waals surface area contributed by atoms with E-state index in [1.165, 1.54) is 28.1 Å². The predicted octanol–water partition coefficient (Wildman–Crippen LogP) is 2.71. The number of nitrogens with one attached hydrogen (secondary N) is 1. The van der Waals surface area contributed by atoms with E-state index in [-0.39, 0.29) is 41.5 Å². The van der Waals surface area contributed by atoms with Crippen molar-refractivity contribution in [3.63, 3.8) is 0 Å². The maximum Gasteiger partial charge on any atom is 0.264 e. The van der Waals surface area contributed by atoms with Gasteiger partial charge in [-0.05, 0) is 56.4 Å². The van der Waals surface area contributed by atoms with Crippen LogP contribution >= 0.6 is 11.6 Å². The number of nitrogens with two attached hydrogens (primary N) is 1. The number of benzene rings is 1. The van der Waals surface area contributed by atoms with Gasteiger partial charge in [0.05, 0.1) is 5.56 Å². The molecule has 35 heavy (non-hydrogen) atoms. The van der Waals surface area contributed by atoms with E-state index >= 15 is 0 Å². The molecule has 3 N–H and O–H groups in total. The number of carbonyl (C=O) groups excluding carboxylic acids is 3. The molecular formula is C24H26ClF2N5O3. The molecule has 1 unspecified atom stereocenters. The van der Waals surface area contributed by atoms with Crippen LogP contribution in [0, 0.1) is 11.6 Å². The van der Waals surface area contributed by atoms with Gasteiger partial charge in [-0.1, -0.05) is 11.6 Å². The molecule has 2 heterocycles. The van der Waals surface area contributed by atoms with Gasteiger partial charge in [0.15, 0.2) is 6.17 Å². The standard InChI is InChI=1S/C24H26ClF2N5O3/c25-20-7-2-14(13-29-20)23(34)31-8-1-9-32(24(35)15-10-16(26)12-17(27)11-15)22(31)21(33)30-19-5-3-18(28)4-6-19/h2,7,10-13,18-19,22H,1,3-6,8-9,28H2,(H,30,33). The number of rotatable bonds is 4. The lowest BCUT2D eigenvalue weighted by molar-refractivity contribution is -0.133. The van der Waals surface area contributed by atoms with Gasteiger partial charge in [-0.15, -0.1) is 0 Å². The second kappa shape index (κ2) is 10.7. The number of amides is 3. The maximum atomic E-state index is 13.8. The number of hydrogen-bond donors (Lipinski definition) is 2. The molecule has 1 aromatic heterocycles. The minimum absolute atomic E-state index is 0.0780. The summed E-state index contributed by atoms with van der Waals surface area (Å²) in [5.41, 5.74) is 5.92. The van der Waals surface area contributed by atoms with Gasteiger partial charge in [-0.25, -0.2) is 13.8 Å². The number of nitrogens with zero attached hydrogens (tertiary/aromatic N) is 3. The van der Waals surface area contributed by atoms with E-state index < -0.39 is 35.5 Å². The lowest BCUT2D eigenvalue weighted by Gasteiger charge is -2.43. The molecule has 1 atom stereocenters. The Bertz CT molecular complexity index is 1090. The Morgan fingerprint density at radius 2 is 1.54 bits per heavy atom. The van der Waals surface area contributed by atoms with E-state index in [9.17, 15) is 23.2 Å². The molecule has 0 radical (unpaired) electrons. The first-order valence-electron chi connectivity index (χ1n) is 11.5. The molecule has 4 rings (SSSR count). The van der Waals surface area contributed by atoms with Crippen molar-refractivity contribution in [1.82, 2.24) is 20.1 Å². The molecule has 8 nitrogen and oxygen atoms in total. The number of aromatic nitrogens is 1. The quantitative estimate of drug-likeness (QED) is 0.621. The molecule has 0 spiro atoms. The second-order valence-electron chi connectivity index (χ2n) is 8.87. The van der Waals surface area contributed by atoms with Gasteiger partial charge in [0, 0.05) is 43.0 Å². The summed E-state index contributed by atoms with van der Waals surface area (Å²) in [5, 5.41) is 3.15. The summed E-state index contributed by atoms with van der Waals surface area (Å²) >= 11 is 5.83. The smallest absolute Gasteiger partial charge is 0.264 e. The number of hydrogen-bond acceptors (Lipinski definition) is 5. The Hall–Kier alpha value is -3.11. The summed E-state index contributed by atoms with van der Waals surface area (Å²) in [6, 6.07) is 5.35. The zero-order valence-corrected chi connectivity index (χ0v) is 19.7. The minimum atomic E-state index is -1.30. The molecule has 1 saturated heterocycles. The highest BCUT2D eigenvalue weighted by atomic mass is 35.5. The van der Waals surface area contributed by atoms with Crippen molar-refractivity contribution >= 4 is 29.3 Å². The Morgan fingerprint density at radius 3 is 2.11 bits per heavy atom. The summed E-state index contributed by atoms with van der Waals surface area (Å²) in [5.74, 6) is -3.62. The molecule has 1 saturated carbocycles. The van der Waals surface area contributed by atoms with Gasteiger partial charge in [0.2, 0.25) is 0 Å². The normalized spacial score (nSPS) is 22.6. The fourth-order valence-corrected chi connectivity index (χ4v) is 4.69. The van der Waals surface area contributed by atoms with Crippen LogP contribution in [-0.2, 0) is 4.79 Å². The van der Waals surface area contributed by atoms with Gasteiger partial charge in [-0.2, -0.15) is 0 Å². The Kier molecular flexibility index (Phi) is 7.61. The summed E-state index contributed by atoms with van der Waals surface area (Å²) in [4.78, 5) is 46.6. The predicted molar refractivity (Wildman–Crippen MR) is 124 cm³/mol. The van der Waals surface area contributed by atoms with E-state index in [1.807, 2.05) is 0 Å². The van der Waals surface area contributed by atoms with Gasteiger partial charge in [0.1, 0.15) is 16.8 Å². The average molecular weight is 506 g/mol. The van der Waals surface area contributed by atoms with E-state index in [0.29, 0.717) is 25.3 Å². The lowest BCUT2D eigenvalue weighted by atomic mass is 9.91. The fraction of sp³-hybridized carbons (Fsp3) is 0.417. The van der Waals surface area contributed by atoms with Gasteiger partial charge in [0.25, 0.3) is 17.7 Å². The number of carbonyl (C=O) groups is 3. The Balaban J connectivity index is 1.65. The highest BCUT2D eigenvalue weighted by Gasteiger charge is 2.41. The molecule has 1 aromatic carbocycles. The van der Waals surface area contributed by atoms with Gasteiger partial charge >= 0.3 is 0 Å². The van der Waals surface area contributed by atoms with E-state index in [1.54, 1.807) is 0 Å². The summed E-state index contributed by atoms with van der Waals surface area (Å²) in [7, 11) is 0. The largest absolute Gasteiger partial charge is 0.350 e. The monoisotopic (exact) mass is 505 g/mol. The first-order chi connectivity index (χ1) is 16.7. The Morgan fingerprint density at radius 1 is 0.943 bits per heavy atom. The van der Waals surface area contributed by atoms with Crippen LogP contribution in [0.25, 0.3) is 0 Å². The third-order valence-corrected chi connectivity index (χ3v) is 6.57. The molecule has 2 aliphatic rings. The highest BCUT2D eigenvalue weighted by molar-refractivity contribution is 6.29. The maximum absolute atomic E-state index is 13.8. The van der Waals surface area contributed by atoms with Crippen molar-refractivity contribution in [3.8, 4) is 0 Å². The van der Waals surface area contributed by atoms with Crippen LogP contribution in [0.3, 0.4) is 0 Å². The summed E-state index contributed by atoms with van der Waals surface area (Å²) < 4.78 is 27.7. The minimum Gasteiger partial charge on any atom is -0.350 e. The van der Waals surface area contributed by atoms with Crippen molar-refractivity contribution in [2.75, 3.05) is 13.1 Å². The van der Waals surface area contributed by atoms with Crippen LogP contribution in [0.5, 0.6) is 0 Å². The van der Waals surface area contributed by atoms with Gasteiger partial charge in [-0.3, -0.25) is 14.4 Å². The number of pyridine rings is 1. The van der Waals surface area contributed by atoms with Crippen LogP contribution in [0.2, 0.25) is 5.15 Å². The average Bonchev–Trinajstić information content (AvgIpc) is 2.84. The van der Waals surface area contributed by atoms with E-state index in [4.69, 9.17) is 17.3 Å². The highest BCUT2D eigenvalue weighted by Crippen LogP contribution is 2.23. The number of halogens is 3. The first kappa shape index (κ1) is 25.0. The first-order valence-corrected chi connectivity index (χ1v) is 11.9. The molecule has 11 heteroatoms. The molecule has 1 aliphatic carbocycles. The van der Waals surface area contributed by atoms with Crippen molar-refractivity contribution in [2.24, 2.45) is 5.73 Å². The molecule has 2 fully saturated rings. The molecule has 0 bridgehead atoms. The summed E-state index contributed by atoms with van der Waals surface area (Å²) in [6.45, 7) is 0.337. The molecule has 3 amide bonds. The van der Waals surface area contributed by atoms with Crippen LogP contribution in [0.4, 0.5) is 8.78 Å². The van der Waals surface area contributed by atoms with Crippen molar-refractivity contribution in [1.29, 1.82) is 0 Å². The fourth-order valence-electron chi connectivity index (χ4n) is 4.58. The summed E-state index contributed by atoms with van der Waals surface area (Å²) in [6.07, 6.45) is 3.22. The topological polar surface area (TPSA) is 109 Å². The van der Waals surface area contributed by atoms with Crippen LogP contribution in [-0.4, -0.2) is 63.8 Å². The van der Waals surface area contributed by atoms with Crippen LogP contribution in [0.1, 0.15) is 52.8 Å². The van der Waals surface area contributed by atoms with Crippen molar-refractivity contribution in [2.45, 2.75) is 50.4 Å². The second-order valence-corrected chi connectivity index (χ2v) is 9.26. The van der Waals surface area contributed by atoms with Crippen LogP contribution in [0.15, 0.2) is 36.5 Å². The van der Waals surface area contributed by atoms with E-state index in [2.05, 4.69) is 10.3 Å². The van der Waals surface area contributed by atoms with Crippen LogP contribution < -0.4 is 11.1 Å². The van der Waals surface area contributed by atoms with Crippen molar-refractivity contribution < 1.29 is 23.2 Å². The molecule has 1 aliphatic heterocycles. The SMILES string of the molecule is NC1CCC(NC(=O)C2N(C(=O)c3ccc(Cl)nc3)CCCN2C(=O)c2cc(F)cc(F)c2)CC1. The third-order valence-electron chi connectivity index (χ3n) is 6.35. The molecular weight excluding hydrogens is 480 g/mol. The zero-order chi connectivity index (χ0) is 25.1. The third kappa shape index (κ3) is 5.76.